The molecular weight excluding hydrogens is 280 g/mol. The van der Waals surface area contributed by atoms with E-state index in [2.05, 4.69) is 37.8 Å². The molecule has 1 fully saturated rings. The summed E-state index contributed by atoms with van der Waals surface area (Å²) in [5.74, 6) is 0.949. The number of nitrogens with two attached hydrogens (primary N) is 1. The number of aryl methyl sites for hydroxylation is 1. The molecule has 0 aliphatic carbocycles. The van der Waals surface area contributed by atoms with Gasteiger partial charge in [0.15, 0.2) is 0 Å². The van der Waals surface area contributed by atoms with E-state index in [1.54, 1.807) is 7.11 Å². The predicted octanol–water partition coefficient (Wildman–Crippen LogP) is 1.81. The van der Waals surface area contributed by atoms with Gasteiger partial charge < -0.3 is 15.2 Å². The Morgan fingerprint density at radius 1 is 1.50 bits per heavy atom. The monoisotopic (exact) mass is 306 g/mol. The SMILES string of the molecule is COc1cc(C)c(CN2CCOC(C(N)=O)C2)cc1C(C)C. The summed E-state index contributed by atoms with van der Waals surface area (Å²) < 4.78 is 10.9. The van der Waals surface area contributed by atoms with Crippen molar-refractivity contribution in [2.45, 2.75) is 39.3 Å². The lowest BCUT2D eigenvalue weighted by Gasteiger charge is -2.32. The Morgan fingerprint density at radius 3 is 2.82 bits per heavy atom. The smallest absolute Gasteiger partial charge is 0.247 e. The number of methoxy groups -OCH3 is 1. The number of ether oxygens (including phenoxy) is 2. The van der Waals surface area contributed by atoms with Gasteiger partial charge in [-0.25, -0.2) is 0 Å². The minimum Gasteiger partial charge on any atom is -0.496 e. The van der Waals surface area contributed by atoms with E-state index < -0.39 is 6.10 Å². The van der Waals surface area contributed by atoms with Crippen LogP contribution in [-0.4, -0.2) is 43.7 Å². The van der Waals surface area contributed by atoms with Crippen LogP contribution in [0.4, 0.5) is 0 Å². The third kappa shape index (κ3) is 3.78. The molecule has 0 spiro atoms. The van der Waals surface area contributed by atoms with Crippen molar-refractivity contribution in [3.05, 3.63) is 28.8 Å². The fourth-order valence-corrected chi connectivity index (χ4v) is 2.80. The molecule has 0 saturated carbocycles. The van der Waals surface area contributed by atoms with Crippen molar-refractivity contribution in [1.82, 2.24) is 4.90 Å². The van der Waals surface area contributed by atoms with Crippen LogP contribution < -0.4 is 10.5 Å². The number of benzene rings is 1. The first-order valence-corrected chi connectivity index (χ1v) is 7.73. The Bertz CT molecular complexity index is 543. The van der Waals surface area contributed by atoms with Gasteiger partial charge in [0.25, 0.3) is 0 Å². The molecule has 1 aliphatic rings. The molecule has 5 heteroatoms. The molecule has 1 aromatic carbocycles. The van der Waals surface area contributed by atoms with E-state index in [-0.39, 0.29) is 5.91 Å². The van der Waals surface area contributed by atoms with Gasteiger partial charge in [-0.2, -0.15) is 0 Å². The number of rotatable bonds is 5. The zero-order valence-electron chi connectivity index (χ0n) is 13.9. The third-order valence-corrected chi connectivity index (χ3v) is 4.17. The average Bonchev–Trinajstić information content (AvgIpc) is 2.48. The quantitative estimate of drug-likeness (QED) is 0.901. The molecule has 2 N–H and O–H groups in total. The zero-order chi connectivity index (χ0) is 16.3. The highest BCUT2D eigenvalue weighted by Gasteiger charge is 2.25. The lowest BCUT2D eigenvalue weighted by molar-refractivity contribution is -0.135. The van der Waals surface area contributed by atoms with Crippen LogP contribution in [0.5, 0.6) is 5.75 Å². The summed E-state index contributed by atoms with van der Waals surface area (Å²) in [6.07, 6.45) is -0.503. The standard InChI is InChI=1S/C17H26N2O3/c1-11(2)14-8-13(12(3)7-15(14)21-4)9-19-5-6-22-16(10-19)17(18)20/h7-8,11,16H,5-6,9-10H2,1-4H3,(H2,18,20). The molecule has 1 unspecified atom stereocenters. The topological polar surface area (TPSA) is 64.8 Å². The fraction of sp³-hybridized carbons (Fsp3) is 0.588. The van der Waals surface area contributed by atoms with Gasteiger partial charge in [0.05, 0.1) is 13.7 Å². The van der Waals surface area contributed by atoms with Crippen LogP contribution in [0.2, 0.25) is 0 Å². The van der Waals surface area contributed by atoms with Crippen LogP contribution >= 0.6 is 0 Å². The van der Waals surface area contributed by atoms with Gasteiger partial charge in [0.2, 0.25) is 5.91 Å². The second-order valence-corrected chi connectivity index (χ2v) is 6.17. The predicted molar refractivity (Wildman–Crippen MR) is 86.0 cm³/mol. The Morgan fingerprint density at radius 2 is 2.23 bits per heavy atom. The first-order valence-electron chi connectivity index (χ1n) is 7.73. The van der Waals surface area contributed by atoms with Crippen LogP contribution in [0.15, 0.2) is 12.1 Å². The molecule has 1 aromatic rings. The van der Waals surface area contributed by atoms with Crippen molar-refractivity contribution in [2.24, 2.45) is 5.73 Å². The maximum atomic E-state index is 11.3. The summed E-state index contributed by atoms with van der Waals surface area (Å²) >= 11 is 0. The van der Waals surface area contributed by atoms with E-state index in [9.17, 15) is 4.79 Å². The molecular formula is C17H26N2O3. The molecule has 1 aliphatic heterocycles. The summed E-state index contributed by atoms with van der Waals surface area (Å²) in [6.45, 7) is 9.12. The van der Waals surface area contributed by atoms with Crippen molar-refractivity contribution in [2.75, 3.05) is 26.8 Å². The van der Waals surface area contributed by atoms with Crippen molar-refractivity contribution in [3.8, 4) is 5.75 Å². The van der Waals surface area contributed by atoms with Gasteiger partial charge in [-0.3, -0.25) is 9.69 Å². The molecule has 0 aromatic heterocycles. The van der Waals surface area contributed by atoms with Crippen LogP contribution in [0.3, 0.4) is 0 Å². The number of amides is 1. The van der Waals surface area contributed by atoms with Gasteiger partial charge in [-0.15, -0.1) is 0 Å². The van der Waals surface area contributed by atoms with E-state index in [4.69, 9.17) is 15.2 Å². The average molecular weight is 306 g/mol. The van der Waals surface area contributed by atoms with Crippen LogP contribution in [0.25, 0.3) is 0 Å². The van der Waals surface area contributed by atoms with Crippen LogP contribution in [0, 0.1) is 6.92 Å². The first kappa shape index (κ1) is 16.8. The lowest BCUT2D eigenvalue weighted by Crippen LogP contribution is -2.48. The third-order valence-electron chi connectivity index (χ3n) is 4.17. The van der Waals surface area contributed by atoms with E-state index >= 15 is 0 Å². The van der Waals surface area contributed by atoms with E-state index in [1.807, 2.05) is 0 Å². The first-order chi connectivity index (χ1) is 10.4. The highest BCUT2D eigenvalue weighted by Crippen LogP contribution is 2.30. The second kappa shape index (κ2) is 7.11. The van der Waals surface area contributed by atoms with Crippen molar-refractivity contribution < 1.29 is 14.3 Å². The molecule has 122 valence electrons. The van der Waals surface area contributed by atoms with Crippen molar-refractivity contribution >= 4 is 5.91 Å². The lowest BCUT2D eigenvalue weighted by atomic mass is 9.96. The molecule has 2 rings (SSSR count). The molecule has 5 nitrogen and oxygen atoms in total. The summed E-state index contributed by atoms with van der Waals surface area (Å²) in [5.41, 5.74) is 9.01. The summed E-state index contributed by atoms with van der Waals surface area (Å²) in [6, 6.07) is 4.31. The number of morpholine rings is 1. The Hall–Kier alpha value is -1.59. The zero-order valence-corrected chi connectivity index (χ0v) is 13.9. The van der Waals surface area contributed by atoms with Crippen LogP contribution in [-0.2, 0) is 16.1 Å². The van der Waals surface area contributed by atoms with Crippen LogP contribution in [0.1, 0.15) is 36.5 Å². The number of hydrogen-bond acceptors (Lipinski definition) is 4. The number of carbonyl (C=O) groups is 1. The molecule has 0 bridgehead atoms. The van der Waals surface area contributed by atoms with Gasteiger partial charge >= 0.3 is 0 Å². The number of nitrogens with zero attached hydrogens (tertiary/aromatic N) is 1. The van der Waals surface area contributed by atoms with E-state index in [0.29, 0.717) is 19.1 Å². The maximum Gasteiger partial charge on any atom is 0.247 e. The van der Waals surface area contributed by atoms with Gasteiger partial charge in [0, 0.05) is 19.6 Å². The van der Waals surface area contributed by atoms with E-state index in [0.717, 1.165) is 18.8 Å². The van der Waals surface area contributed by atoms with E-state index in [1.165, 1.54) is 16.7 Å². The van der Waals surface area contributed by atoms with Gasteiger partial charge in [-0.1, -0.05) is 19.9 Å². The summed E-state index contributed by atoms with van der Waals surface area (Å²) in [4.78, 5) is 13.5. The maximum absolute atomic E-state index is 11.3. The Kier molecular flexibility index (Phi) is 5.42. The molecule has 22 heavy (non-hydrogen) atoms. The molecule has 1 saturated heterocycles. The Labute approximate surface area is 132 Å². The number of primary amides is 1. The normalized spacial score (nSPS) is 19.4. The van der Waals surface area contributed by atoms with Crippen molar-refractivity contribution in [1.29, 1.82) is 0 Å². The highest BCUT2D eigenvalue weighted by molar-refractivity contribution is 5.79. The second-order valence-electron chi connectivity index (χ2n) is 6.17. The summed E-state index contributed by atoms with van der Waals surface area (Å²) in [5, 5.41) is 0. The molecule has 1 heterocycles. The minimum absolute atomic E-state index is 0.390. The highest BCUT2D eigenvalue weighted by atomic mass is 16.5. The number of carbonyl (C=O) groups excluding carboxylic acids is 1. The molecule has 1 atom stereocenters. The largest absolute Gasteiger partial charge is 0.496 e. The van der Waals surface area contributed by atoms with Crippen molar-refractivity contribution in [3.63, 3.8) is 0 Å². The number of hydrogen-bond donors (Lipinski definition) is 1. The fourth-order valence-electron chi connectivity index (χ4n) is 2.80. The Balaban J connectivity index is 2.18. The minimum atomic E-state index is -0.503. The summed E-state index contributed by atoms with van der Waals surface area (Å²) in [7, 11) is 1.71. The molecule has 0 radical (unpaired) electrons. The van der Waals surface area contributed by atoms with Gasteiger partial charge in [0.1, 0.15) is 11.9 Å². The van der Waals surface area contributed by atoms with Gasteiger partial charge in [-0.05, 0) is 35.6 Å². The molecule has 1 amide bonds.